The standard InChI is InChI=1S/C15H22N2O3/c1-14(2)8-5-10(9-14)17-12(19)15(6-3-4-7-15)11(18)16-13(17)20/h10H,3-9H2,1-2H3,(H,16,18,20). The van der Waals surface area contributed by atoms with Gasteiger partial charge in [-0.2, -0.15) is 0 Å². The summed E-state index contributed by atoms with van der Waals surface area (Å²) in [5, 5.41) is 2.42. The third kappa shape index (κ3) is 1.86. The quantitative estimate of drug-likeness (QED) is 0.748. The Bertz CT molecular complexity index is 478. The SMILES string of the molecule is CC1(C)CCC(N2C(=O)NC(=O)C3(CCCC3)C2=O)C1. The van der Waals surface area contributed by atoms with Crippen molar-refractivity contribution in [3.63, 3.8) is 0 Å². The Labute approximate surface area is 119 Å². The van der Waals surface area contributed by atoms with Crippen LogP contribution in [0.1, 0.15) is 58.8 Å². The second-order valence-corrected chi connectivity index (χ2v) is 7.28. The van der Waals surface area contributed by atoms with E-state index < -0.39 is 11.4 Å². The Kier molecular flexibility index (Phi) is 2.92. The fourth-order valence-electron chi connectivity index (χ4n) is 4.07. The summed E-state index contributed by atoms with van der Waals surface area (Å²) in [6, 6.07) is -0.566. The van der Waals surface area contributed by atoms with E-state index in [-0.39, 0.29) is 23.3 Å². The molecular weight excluding hydrogens is 256 g/mol. The number of nitrogens with one attached hydrogen (secondary N) is 1. The maximum atomic E-state index is 12.8. The van der Waals surface area contributed by atoms with Gasteiger partial charge in [-0.15, -0.1) is 0 Å². The molecule has 0 radical (unpaired) electrons. The zero-order valence-corrected chi connectivity index (χ0v) is 12.2. The highest BCUT2D eigenvalue weighted by Crippen LogP contribution is 2.45. The number of nitrogens with zero attached hydrogens (tertiary/aromatic N) is 1. The molecule has 1 heterocycles. The highest BCUT2D eigenvalue weighted by atomic mass is 16.2. The fourth-order valence-corrected chi connectivity index (χ4v) is 4.07. The van der Waals surface area contributed by atoms with Crippen LogP contribution in [0, 0.1) is 10.8 Å². The minimum absolute atomic E-state index is 0.0527. The van der Waals surface area contributed by atoms with E-state index in [1.165, 1.54) is 4.90 Å². The van der Waals surface area contributed by atoms with Crippen LogP contribution in [0.25, 0.3) is 0 Å². The number of imide groups is 2. The van der Waals surface area contributed by atoms with Crippen molar-refractivity contribution in [3.05, 3.63) is 0 Å². The van der Waals surface area contributed by atoms with Crippen LogP contribution in [0.2, 0.25) is 0 Å². The van der Waals surface area contributed by atoms with Crippen LogP contribution < -0.4 is 5.32 Å². The van der Waals surface area contributed by atoms with Crippen molar-refractivity contribution in [2.75, 3.05) is 0 Å². The Balaban J connectivity index is 1.89. The largest absolute Gasteiger partial charge is 0.331 e. The molecule has 4 amide bonds. The summed E-state index contributed by atoms with van der Waals surface area (Å²) in [6.45, 7) is 4.33. The van der Waals surface area contributed by atoms with Crippen LogP contribution in [-0.2, 0) is 9.59 Å². The average Bonchev–Trinajstić information content (AvgIpc) is 2.95. The molecule has 0 bridgehead atoms. The van der Waals surface area contributed by atoms with Gasteiger partial charge in [-0.05, 0) is 37.5 Å². The van der Waals surface area contributed by atoms with Crippen LogP contribution in [0.15, 0.2) is 0 Å². The molecule has 0 aromatic rings. The minimum atomic E-state index is -0.958. The third-order valence-electron chi connectivity index (χ3n) is 5.27. The van der Waals surface area contributed by atoms with Crippen LogP contribution in [0.4, 0.5) is 4.79 Å². The summed E-state index contributed by atoms with van der Waals surface area (Å²) < 4.78 is 0. The van der Waals surface area contributed by atoms with E-state index in [4.69, 9.17) is 0 Å². The van der Waals surface area contributed by atoms with E-state index in [0.29, 0.717) is 12.8 Å². The van der Waals surface area contributed by atoms with Crippen LogP contribution >= 0.6 is 0 Å². The topological polar surface area (TPSA) is 66.5 Å². The molecule has 110 valence electrons. The zero-order chi connectivity index (χ0) is 14.5. The molecule has 2 aliphatic carbocycles. The Hall–Kier alpha value is -1.39. The van der Waals surface area contributed by atoms with Crippen LogP contribution in [-0.4, -0.2) is 28.8 Å². The molecule has 3 fully saturated rings. The van der Waals surface area contributed by atoms with Gasteiger partial charge >= 0.3 is 6.03 Å². The molecule has 1 saturated heterocycles. The Morgan fingerprint density at radius 3 is 2.30 bits per heavy atom. The van der Waals surface area contributed by atoms with E-state index in [1.54, 1.807) is 0 Å². The minimum Gasteiger partial charge on any atom is -0.277 e. The van der Waals surface area contributed by atoms with Crippen molar-refractivity contribution in [2.24, 2.45) is 10.8 Å². The Morgan fingerprint density at radius 2 is 1.75 bits per heavy atom. The average molecular weight is 278 g/mol. The maximum Gasteiger partial charge on any atom is 0.331 e. The number of amides is 4. The van der Waals surface area contributed by atoms with E-state index >= 15 is 0 Å². The molecule has 1 atom stereocenters. The molecule has 0 aromatic carbocycles. The molecule has 20 heavy (non-hydrogen) atoms. The van der Waals surface area contributed by atoms with Crippen LogP contribution in [0.5, 0.6) is 0 Å². The second kappa shape index (κ2) is 4.30. The highest BCUT2D eigenvalue weighted by molar-refractivity contribution is 6.19. The van der Waals surface area contributed by atoms with Crippen molar-refractivity contribution >= 4 is 17.8 Å². The lowest BCUT2D eigenvalue weighted by molar-refractivity contribution is -0.152. The smallest absolute Gasteiger partial charge is 0.277 e. The molecule has 5 nitrogen and oxygen atoms in total. The summed E-state index contributed by atoms with van der Waals surface area (Å²) in [5.41, 5.74) is -0.795. The van der Waals surface area contributed by atoms with Crippen LogP contribution in [0.3, 0.4) is 0 Å². The second-order valence-electron chi connectivity index (χ2n) is 7.28. The van der Waals surface area contributed by atoms with Crippen molar-refractivity contribution in [2.45, 2.75) is 64.8 Å². The molecule has 5 heteroatoms. The van der Waals surface area contributed by atoms with Gasteiger partial charge in [0.1, 0.15) is 5.41 Å². The first-order chi connectivity index (χ1) is 9.36. The normalized spacial score (nSPS) is 32.0. The lowest BCUT2D eigenvalue weighted by Crippen LogP contribution is -2.65. The molecular formula is C15H22N2O3. The van der Waals surface area contributed by atoms with Gasteiger partial charge < -0.3 is 0 Å². The molecule has 1 aliphatic heterocycles. The predicted octanol–water partition coefficient (Wildman–Crippen LogP) is 2.20. The fraction of sp³-hybridized carbons (Fsp3) is 0.800. The molecule has 3 rings (SSSR count). The summed E-state index contributed by atoms with van der Waals surface area (Å²) in [4.78, 5) is 38.4. The molecule has 3 aliphatic rings. The summed E-state index contributed by atoms with van der Waals surface area (Å²) >= 11 is 0. The zero-order valence-electron chi connectivity index (χ0n) is 12.2. The monoisotopic (exact) mass is 278 g/mol. The summed E-state index contributed by atoms with van der Waals surface area (Å²) in [5.74, 6) is -0.620. The molecule has 2 saturated carbocycles. The first-order valence-corrected chi connectivity index (χ1v) is 7.55. The van der Waals surface area contributed by atoms with Gasteiger partial charge in [-0.3, -0.25) is 19.8 Å². The number of rotatable bonds is 1. The summed E-state index contributed by atoms with van der Waals surface area (Å²) in [6.07, 6.45) is 5.62. The first kappa shape index (κ1) is 13.6. The highest BCUT2D eigenvalue weighted by Gasteiger charge is 2.57. The van der Waals surface area contributed by atoms with Gasteiger partial charge in [0.2, 0.25) is 11.8 Å². The number of hydrogen-bond acceptors (Lipinski definition) is 3. The third-order valence-corrected chi connectivity index (χ3v) is 5.27. The van der Waals surface area contributed by atoms with E-state index in [9.17, 15) is 14.4 Å². The van der Waals surface area contributed by atoms with E-state index in [2.05, 4.69) is 19.2 Å². The molecule has 1 spiro atoms. The van der Waals surface area contributed by atoms with Gasteiger partial charge in [0.05, 0.1) is 0 Å². The van der Waals surface area contributed by atoms with Crippen molar-refractivity contribution in [3.8, 4) is 0 Å². The number of urea groups is 1. The number of hydrogen-bond donors (Lipinski definition) is 1. The van der Waals surface area contributed by atoms with E-state index in [1.807, 2.05) is 0 Å². The van der Waals surface area contributed by atoms with Crippen molar-refractivity contribution < 1.29 is 14.4 Å². The predicted molar refractivity (Wildman–Crippen MR) is 72.7 cm³/mol. The van der Waals surface area contributed by atoms with Gasteiger partial charge in [-0.25, -0.2) is 4.79 Å². The molecule has 0 aromatic heterocycles. The van der Waals surface area contributed by atoms with Gasteiger partial charge in [0.25, 0.3) is 0 Å². The number of carbonyl (C=O) groups is 3. The number of barbiturate groups is 1. The Morgan fingerprint density at radius 1 is 1.10 bits per heavy atom. The van der Waals surface area contributed by atoms with Gasteiger partial charge in [0, 0.05) is 6.04 Å². The van der Waals surface area contributed by atoms with E-state index in [0.717, 1.165) is 32.1 Å². The maximum absolute atomic E-state index is 12.8. The molecule has 1 N–H and O–H groups in total. The lowest BCUT2D eigenvalue weighted by Gasteiger charge is -2.40. The van der Waals surface area contributed by atoms with Gasteiger partial charge in [-0.1, -0.05) is 26.7 Å². The van der Waals surface area contributed by atoms with Gasteiger partial charge in [0.15, 0.2) is 0 Å². The molecule has 1 unspecified atom stereocenters. The first-order valence-electron chi connectivity index (χ1n) is 7.55. The number of carbonyl (C=O) groups excluding carboxylic acids is 3. The lowest BCUT2D eigenvalue weighted by atomic mass is 9.81. The van der Waals surface area contributed by atoms with Crippen molar-refractivity contribution in [1.82, 2.24) is 10.2 Å². The summed E-state index contributed by atoms with van der Waals surface area (Å²) in [7, 11) is 0. The van der Waals surface area contributed by atoms with Crippen molar-refractivity contribution in [1.29, 1.82) is 0 Å².